The molecule has 0 radical (unpaired) electrons. The van der Waals surface area contributed by atoms with E-state index in [4.69, 9.17) is 0 Å². The molecule has 0 bridgehead atoms. The Morgan fingerprint density at radius 1 is 1.00 bits per heavy atom. The van der Waals surface area contributed by atoms with Crippen LogP contribution in [0.15, 0.2) is 59.8 Å². The first-order valence-corrected chi connectivity index (χ1v) is 7.94. The molecule has 0 unspecified atom stereocenters. The van der Waals surface area contributed by atoms with Gasteiger partial charge >= 0.3 is 0 Å². The molecule has 1 saturated carbocycles. The maximum Gasteiger partial charge on any atom is 0.0941 e. The van der Waals surface area contributed by atoms with Crippen molar-refractivity contribution in [3.8, 4) is 0 Å². The number of rotatable bonds is 4. The minimum Gasteiger partial charge on any atom is -0.324 e. The molecule has 21 heavy (non-hydrogen) atoms. The number of nitrogens with zero attached hydrogens (tertiary/aromatic N) is 2. The zero-order valence-corrected chi connectivity index (χ0v) is 12.3. The quantitative estimate of drug-likeness (QED) is 0.712. The number of benzene rings is 1. The van der Waals surface area contributed by atoms with Crippen molar-refractivity contribution in [1.29, 1.82) is 0 Å². The van der Waals surface area contributed by atoms with Crippen molar-refractivity contribution in [3.63, 3.8) is 0 Å². The third kappa shape index (κ3) is 2.72. The van der Waals surface area contributed by atoms with Crippen molar-refractivity contribution >= 4 is 28.5 Å². The Balaban J connectivity index is 1.52. The zero-order valence-electron chi connectivity index (χ0n) is 11.5. The average Bonchev–Trinajstić information content (AvgIpc) is 3.38. The molecule has 1 fully saturated rings. The molecule has 2 heterocycles. The number of nitrogens with one attached hydrogen (secondary N) is 1. The minimum absolute atomic E-state index is 0.708. The molecule has 1 aliphatic rings. The Kier molecular flexibility index (Phi) is 3.24. The highest BCUT2D eigenvalue weighted by Gasteiger charge is 2.24. The van der Waals surface area contributed by atoms with Crippen LogP contribution in [0.4, 0.5) is 5.69 Å². The molecule has 3 aromatic rings. The van der Waals surface area contributed by atoms with Crippen LogP contribution < -0.4 is 4.72 Å². The monoisotopic (exact) mass is 293 g/mol. The van der Waals surface area contributed by atoms with Crippen LogP contribution in [0, 0.1) is 0 Å². The summed E-state index contributed by atoms with van der Waals surface area (Å²) in [6, 6.07) is 14.5. The summed E-state index contributed by atoms with van der Waals surface area (Å²) < 4.78 is 3.38. The summed E-state index contributed by atoms with van der Waals surface area (Å²) in [6.45, 7) is 0. The molecule has 4 rings (SSSR count). The first-order chi connectivity index (χ1) is 10.4. The maximum atomic E-state index is 4.54. The van der Waals surface area contributed by atoms with Crippen LogP contribution in [0.2, 0.25) is 0 Å². The lowest BCUT2D eigenvalue weighted by Crippen LogP contribution is -1.91. The van der Waals surface area contributed by atoms with E-state index < -0.39 is 0 Å². The summed E-state index contributed by atoms with van der Waals surface area (Å²) >= 11 is 1.58. The van der Waals surface area contributed by atoms with E-state index in [0.717, 1.165) is 21.5 Å². The summed E-state index contributed by atoms with van der Waals surface area (Å²) in [5.74, 6) is 0.708. The van der Waals surface area contributed by atoms with Gasteiger partial charge in [0, 0.05) is 34.3 Å². The number of pyridine rings is 2. The number of hydrogen-bond donors (Lipinski definition) is 1. The number of fused-ring (bicyclic) bond motifs is 1. The Hall–Kier alpha value is -2.07. The molecule has 2 aromatic heterocycles. The molecular weight excluding hydrogens is 278 g/mol. The normalized spacial score (nSPS) is 14.3. The maximum absolute atomic E-state index is 4.54. The van der Waals surface area contributed by atoms with Crippen LogP contribution in [0.3, 0.4) is 0 Å². The minimum atomic E-state index is 0.708. The molecule has 0 amide bonds. The average molecular weight is 293 g/mol. The summed E-state index contributed by atoms with van der Waals surface area (Å²) in [5, 5.41) is 1.14. The molecule has 1 aromatic carbocycles. The Morgan fingerprint density at radius 2 is 1.90 bits per heavy atom. The molecule has 3 nitrogen and oxygen atoms in total. The summed E-state index contributed by atoms with van der Waals surface area (Å²) in [5.41, 5.74) is 3.26. The van der Waals surface area contributed by atoms with Gasteiger partial charge in [-0.1, -0.05) is 18.2 Å². The van der Waals surface area contributed by atoms with Gasteiger partial charge in [0.05, 0.1) is 11.2 Å². The zero-order chi connectivity index (χ0) is 14.1. The molecule has 1 N–H and O–H groups in total. The highest BCUT2D eigenvalue weighted by molar-refractivity contribution is 8.00. The van der Waals surface area contributed by atoms with Gasteiger partial charge < -0.3 is 4.72 Å². The van der Waals surface area contributed by atoms with E-state index in [1.807, 2.05) is 30.6 Å². The molecule has 104 valence electrons. The summed E-state index contributed by atoms with van der Waals surface area (Å²) in [7, 11) is 0. The van der Waals surface area contributed by atoms with Crippen molar-refractivity contribution in [3.05, 3.63) is 60.6 Å². The highest BCUT2D eigenvalue weighted by Crippen LogP contribution is 2.39. The van der Waals surface area contributed by atoms with E-state index in [9.17, 15) is 0 Å². The Labute approximate surface area is 128 Å². The SMILES string of the molecule is c1cnc2c(NSc3ccc(C4CC4)nc3)cccc2c1. The lowest BCUT2D eigenvalue weighted by atomic mass is 10.2. The largest absolute Gasteiger partial charge is 0.324 e. The van der Waals surface area contributed by atoms with Crippen LogP contribution in [0.1, 0.15) is 24.5 Å². The van der Waals surface area contributed by atoms with Gasteiger partial charge in [0.15, 0.2) is 0 Å². The lowest BCUT2D eigenvalue weighted by Gasteiger charge is -2.08. The van der Waals surface area contributed by atoms with Gasteiger partial charge in [-0.25, -0.2) is 0 Å². The second-order valence-electron chi connectivity index (χ2n) is 5.28. The van der Waals surface area contributed by atoms with E-state index in [2.05, 4.69) is 39.0 Å². The predicted molar refractivity (Wildman–Crippen MR) is 87.4 cm³/mol. The van der Waals surface area contributed by atoms with Gasteiger partial charge in [0.25, 0.3) is 0 Å². The standard InChI is InChI=1S/C17H15N3S/c1-3-13-4-2-10-18-17(13)16(5-1)20-21-14-8-9-15(19-11-14)12-6-7-12/h1-5,8-12,20H,6-7H2. The van der Waals surface area contributed by atoms with Crippen LogP contribution in [-0.2, 0) is 0 Å². The second kappa shape index (κ2) is 5.37. The topological polar surface area (TPSA) is 37.8 Å². The molecule has 0 saturated heterocycles. The Bertz CT molecular complexity index is 761. The predicted octanol–water partition coefficient (Wildman–Crippen LogP) is 4.63. The van der Waals surface area contributed by atoms with Crippen molar-refractivity contribution < 1.29 is 0 Å². The third-order valence-electron chi connectivity index (χ3n) is 3.67. The van der Waals surface area contributed by atoms with Crippen molar-refractivity contribution in [2.45, 2.75) is 23.7 Å². The molecular formula is C17H15N3S. The van der Waals surface area contributed by atoms with Gasteiger partial charge in [0.2, 0.25) is 0 Å². The fraction of sp³-hybridized carbons (Fsp3) is 0.176. The van der Waals surface area contributed by atoms with Crippen LogP contribution >= 0.6 is 11.9 Å². The fourth-order valence-electron chi connectivity index (χ4n) is 2.37. The number of anilines is 1. The first kappa shape index (κ1) is 12.7. The van der Waals surface area contributed by atoms with E-state index in [1.165, 1.54) is 18.5 Å². The summed E-state index contributed by atoms with van der Waals surface area (Å²) in [6.07, 6.45) is 6.35. The fourth-order valence-corrected chi connectivity index (χ4v) is 3.01. The van der Waals surface area contributed by atoms with Gasteiger partial charge in [-0.2, -0.15) is 0 Å². The lowest BCUT2D eigenvalue weighted by molar-refractivity contribution is 1.00. The highest BCUT2D eigenvalue weighted by atomic mass is 32.2. The Morgan fingerprint density at radius 3 is 2.71 bits per heavy atom. The smallest absolute Gasteiger partial charge is 0.0941 e. The van der Waals surface area contributed by atoms with E-state index in [-0.39, 0.29) is 0 Å². The van der Waals surface area contributed by atoms with Crippen LogP contribution in [-0.4, -0.2) is 9.97 Å². The number of para-hydroxylation sites is 1. The summed E-state index contributed by atoms with van der Waals surface area (Å²) in [4.78, 5) is 10.1. The van der Waals surface area contributed by atoms with E-state index in [0.29, 0.717) is 5.92 Å². The van der Waals surface area contributed by atoms with Crippen molar-refractivity contribution in [2.24, 2.45) is 0 Å². The van der Waals surface area contributed by atoms with Gasteiger partial charge in [0.1, 0.15) is 0 Å². The van der Waals surface area contributed by atoms with E-state index in [1.54, 1.807) is 11.9 Å². The van der Waals surface area contributed by atoms with Crippen LogP contribution in [0.25, 0.3) is 10.9 Å². The van der Waals surface area contributed by atoms with Gasteiger partial charge in [-0.05, 0) is 49.1 Å². The number of aromatic nitrogens is 2. The van der Waals surface area contributed by atoms with Crippen LogP contribution in [0.5, 0.6) is 0 Å². The third-order valence-corrected chi connectivity index (χ3v) is 4.47. The van der Waals surface area contributed by atoms with Crippen molar-refractivity contribution in [1.82, 2.24) is 9.97 Å². The molecule has 0 aliphatic heterocycles. The first-order valence-electron chi connectivity index (χ1n) is 7.13. The number of hydrogen-bond acceptors (Lipinski definition) is 4. The van der Waals surface area contributed by atoms with Gasteiger partial charge in [-0.15, -0.1) is 0 Å². The molecule has 0 spiro atoms. The van der Waals surface area contributed by atoms with Crippen molar-refractivity contribution in [2.75, 3.05) is 4.72 Å². The van der Waals surface area contributed by atoms with Gasteiger partial charge in [-0.3, -0.25) is 9.97 Å². The molecule has 1 aliphatic carbocycles. The second-order valence-corrected chi connectivity index (χ2v) is 6.16. The molecule has 0 atom stereocenters. The molecule has 4 heteroatoms. The van der Waals surface area contributed by atoms with E-state index >= 15 is 0 Å².